The number of nitrogens with zero attached hydrogens (tertiary/aromatic N) is 4. The average molecular weight is 409 g/mol. The summed E-state index contributed by atoms with van der Waals surface area (Å²) in [6.45, 7) is 0. The van der Waals surface area contributed by atoms with Crippen molar-refractivity contribution in [3.05, 3.63) is 48.3 Å². The molecule has 1 saturated carbocycles. The number of nitriles is 1. The van der Waals surface area contributed by atoms with E-state index in [1.54, 1.807) is 6.20 Å². The fourth-order valence-electron chi connectivity index (χ4n) is 4.42. The van der Waals surface area contributed by atoms with Crippen molar-refractivity contribution in [1.82, 2.24) is 19.5 Å². The van der Waals surface area contributed by atoms with Crippen LogP contribution in [0.4, 0.5) is 13.2 Å². The van der Waals surface area contributed by atoms with Gasteiger partial charge in [-0.2, -0.15) is 18.4 Å². The number of benzene rings is 1. The molecule has 0 saturated heterocycles. The van der Waals surface area contributed by atoms with Gasteiger partial charge < -0.3 is 9.55 Å². The van der Waals surface area contributed by atoms with Gasteiger partial charge in [0.25, 0.3) is 0 Å². The third-order valence-electron chi connectivity index (χ3n) is 5.95. The Balaban J connectivity index is 1.69. The molecule has 1 aromatic carbocycles. The molecule has 1 fully saturated rings. The molecule has 1 aliphatic rings. The molecule has 5 rings (SSSR count). The van der Waals surface area contributed by atoms with Crippen LogP contribution < -0.4 is 0 Å². The topological polar surface area (TPSA) is 70.3 Å². The van der Waals surface area contributed by atoms with Gasteiger partial charge in [-0.3, -0.25) is 0 Å². The van der Waals surface area contributed by atoms with Crippen molar-refractivity contribution in [3.8, 4) is 17.5 Å². The molecule has 0 unspecified atom stereocenters. The lowest BCUT2D eigenvalue weighted by Crippen LogP contribution is -2.18. The van der Waals surface area contributed by atoms with Gasteiger partial charge in [-0.25, -0.2) is 9.97 Å². The second-order valence-electron chi connectivity index (χ2n) is 7.75. The molecule has 0 bridgehead atoms. The number of hydrogen-bond donors (Lipinski definition) is 1. The van der Waals surface area contributed by atoms with Crippen molar-refractivity contribution >= 4 is 22.1 Å². The zero-order valence-electron chi connectivity index (χ0n) is 15.9. The highest BCUT2D eigenvalue weighted by Crippen LogP contribution is 2.40. The number of hydrogen-bond acceptors (Lipinski definition) is 3. The molecule has 4 aromatic rings. The first-order chi connectivity index (χ1) is 14.5. The van der Waals surface area contributed by atoms with E-state index in [9.17, 15) is 18.4 Å². The van der Waals surface area contributed by atoms with E-state index in [0.29, 0.717) is 16.9 Å². The maximum Gasteiger partial charge on any atom is 0.416 e. The molecule has 30 heavy (non-hydrogen) atoms. The van der Waals surface area contributed by atoms with Gasteiger partial charge in [0, 0.05) is 29.1 Å². The lowest BCUT2D eigenvalue weighted by Gasteiger charge is -2.28. The van der Waals surface area contributed by atoms with Crippen LogP contribution in [0.2, 0.25) is 0 Å². The van der Waals surface area contributed by atoms with Crippen LogP contribution in [0.25, 0.3) is 33.5 Å². The number of pyridine rings is 1. The number of fused-ring (bicyclic) bond motifs is 3. The van der Waals surface area contributed by atoms with Gasteiger partial charge in [0.05, 0.1) is 23.3 Å². The Kier molecular flexibility index (Phi) is 4.28. The predicted molar refractivity (Wildman–Crippen MR) is 106 cm³/mol. The Labute approximate surface area is 170 Å². The molecule has 0 radical (unpaired) electrons. The molecule has 3 aromatic heterocycles. The normalized spacial score (nSPS) is 19.9. The van der Waals surface area contributed by atoms with Gasteiger partial charge in [0.15, 0.2) is 0 Å². The quantitative estimate of drug-likeness (QED) is 0.451. The lowest BCUT2D eigenvalue weighted by molar-refractivity contribution is -0.137. The van der Waals surface area contributed by atoms with Gasteiger partial charge >= 0.3 is 6.18 Å². The number of alkyl halides is 3. The third-order valence-corrected chi connectivity index (χ3v) is 5.95. The van der Waals surface area contributed by atoms with Gasteiger partial charge in [0.1, 0.15) is 17.0 Å². The number of imidazole rings is 1. The zero-order chi connectivity index (χ0) is 20.9. The Morgan fingerprint density at radius 1 is 1.07 bits per heavy atom. The second-order valence-corrected chi connectivity index (χ2v) is 7.75. The van der Waals surface area contributed by atoms with Crippen molar-refractivity contribution in [1.29, 1.82) is 5.26 Å². The number of rotatable bonds is 2. The summed E-state index contributed by atoms with van der Waals surface area (Å²) in [7, 11) is 0. The number of H-pyrrole nitrogens is 1. The van der Waals surface area contributed by atoms with Crippen molar-refractivity contribution < 1.29 is 13.2 Å². The molecule has 5 nitrogen and oxygen atoms in total. The van der Waals surface area contributed by atoms with Crippen LogP contribution in [0.5, 0.6) is 0 Å². The van der Waals surface area contributed by atoms with Crippen LogP contribution in [0.3, 0.4) is 0 Å². The fourth-order valence-corrected chi connectivity index (χ4v) is 4.42. The minimum Gasteiger partial charge on any atom is -0.346 e. The fraction of sp³-hybridized carbons (Fsp3) is 0.318. The maximum atomic E-state index is 13.0. The Morgan fingerprint density at radius 3 is 2.47 bits per heavy atom. The zero-order valence-corrected chi connectivity index (χ0v) is 15.9. The summed E-state index contributed by atoms with van der Waals surface area (Å²) < 4.78 is 41.2. The van der Waals surface area contributed by atoms with E-state index in [0.717, 1.165) is 54.4 Å². The summed E-state index contributed by atoms with van der Waals surface area (Å²) in [6, 6.07) is 9.56. The smallest absolute Gasteiger partial charge is 0.346 e. The van der Waals surface area contributed by atoms with Gasteiger partial charge in [-0.1, -0.05) is 12.1 Å². The molecule has 0 aliphatic heterocycles. The summed E-state index contributed by atoms with van der Waals surface area (Å²) in [5.74, 6) is 0.689. The van der Waals surface area contributed by atoms with E-state index in [4.69, 9.17) is 4.98 Å². The van der Waals surface area contributed by atoms with Gasteiger partial charge in [0.2, 0.25) is 0 Å². The molecule has 152 valence electrons. The summed E-state index contributed by atoms with van der Waals surface area (Å²) in [6.07, 6.45) is 2.38. The summed E-state index contributed by atoms with van der Waals surface area (Å²) >= 11 is 0. The molecule has 0 atom stereocenters. The Morgan fingerprint density at radius 2 is 1.80 bits per heavy atom. The lowest BCUT2D eigenvalue weighted by atomic mass is 9.86. The number of nitrogens with one attached hydrogen (secondary N) is 1. The highest BCUT2D eigenvalue weighted by atomic mass is 19.4. The van der Waals surface area contributed by atoms with E-state index in [-0.39, 0.29) is 12.0 Å². The molecular formula is C22H18F3N5. The van der Waals surface area contributed by atoms with Crippen molar-refractivity contribution in [2.45, 2.75) is 37.9 Å². The predicted octanol–water partition coefficient (Wildman–Crippen LogP) is 5.85. The number of aromatic nitrogens is 4. The van der Waals surface area contributed by atoms with E-state index in [2.05, 4.69) is 20.6 Å². The van der Waals surface area contributed by atoms with Crippen molar-refractivity contribution in [3.63, 3.8) is 0 Å². The van der Waals surface area contributed by atoms with E-state index in [1.165, 1.54) is 12.1 Å². The SMILES string of the molecule is N#C[C@H]1CC[C@H](n2c(-c3ccc(C(F)(F)F)cc3)nc3cnc4[nH]ccc4c32)CC1. The summed E-state index contributed by atoms with van der Waals surface area (Å²) in [4.78, 5) is 12.3. The third kappa shape index (κ3) is 3.02. The van der Waals surface area contributed by atoms with Crippen molar-refractivity contribution in [2.75, 3.05) is 0 Å². The average Bonchev–Trinajstić information content (AvgIpc) is 3.37. The van der Waals surface area contributed by atoms with Gasteiger partial charge in [-0.05, 0) is 43.9 Å². The highest BCUT2D eigenvalue weighted by Gasteiger charge is 2.31. The minimum absolute atomic E-state index is 0.0551. The minimum atomic E-state index is -4.38. The van der Waals surface area contributed by atoms with Crippen LogP contribution in [0, 0.1) is 17.2 Å². The second kappa shape index (κ2) is 6.87. The van der Waals surface area contributed by atoms with Crippen LogP contribution in [0.1, 0.15) is 37.3 Å². The van der Waals surface area contributed by atoms with E-state index >= 15 is 0 Å². The molecule has 8 heteroatoms. The molecular weight excluding hydrogens is 391 g/mol. The Hall–Kier alpha value is -3.34. The number of aromatic amines is 1. The first kappa shape index (κ1) is 18.7. The van der Waals surface area contributed by atoms with Crippen molar-refractivity contribution in [2.24, 2.45) is 5.92 Å². The molecule has 1 aliphatic carbocycles. The van der Waals surface area contributed by atoms with Crippen LogP contribution in [-0.4, -0.2) is 19.5 Å². The van der Waals surface area contributed by atoms with E-state index < -0.39 is 11.7 Å². The monoisotopic (exact) mass is 409 g/mol. The van der Waals surface area contributed by atoms with Crippen LogP contribution in [-0.2, 0) is 6.18 Å². The first-order valence-electron chi connectivity index (χ1n) is 9.87. The summed E-state index contributed by atoms with van der Waals surface area (Å²) in [5.41, 5.74) is 2.33. The molecule has 0 amide bonds. The van der Waals surface area contributed by atoms with Gasteiger partial charge in [-0.15, -0.1) is 0 Å². The molecule has 3 heterocycles. The molecule has 1 N–H and O–H groups in total. The first-order valence-corrected chi connectivity index (χ1v) is 9.87. The van der Waals surface area contributed by atoms with E-state index in [1.807, 2.05) is 12.3 Å². The summed E-state index contributed by atoms with van der Waals surface area (Å²) in [5, 5.41) is 10.2. The molecule has 0 spiro atoms. The maximum absolute atomic E-state index is 13.0. The van der Waals surface area contributed by atoms with Crippen LogP contribution in [0.15, 0.2) is 42.7 Å². The number of halogens is 3. The Bertz CT molecular complexity index is 1250. The largest absolute Gasteiger partial charge is 0.416 e. The standard InChI is InChI=1S/C22H18F3N5/c23-22(24,25)15-5-3-14(4-6-15)21-29-18-12-28-20-17(9-10-27-20)19(18)30(21)16-7-1-13(11-26)2-8-16/h3-6,9-10,12-13,16H,1-2,7-8H2,(H,27,28)/t13-,16-. The highest BCUT2D eigenvalue weighted by molar-refractivity contribution is 6.02. The van der Waals surface area contributed by atoms with Crippen LogP contribution >= 0.6 is 0 Å².